The topological polar surface area (TPSA) is 64.5 Å². The monoisotopic (exact) mass is 431 g/mol. The van der Waals surface area contributed by atoms with Gasteiger partial charge in [0.1, 0.15) is 5.82 Å². The van der Waals surface area contributed by atoms with Gasteiger partial charge in [0.15, 0.2) is 6.04 Å². The molecule has 0 saturated carbocycles. The molecule has 0 aromatic heterocycles. The number of carbonyl (C=O) groups is 2. The first kappa shape index (κ1) is 21.2. The Balaban J connectivity index is 1.66. The molecule has 2 atom stereocenters. The average molecular weight is 431 g/mol. The third-order valence-corrected chi connectivity index (χ3v) is 5.37. The molecule has 162 valence electrons. The third-order valence-electron chi connectivity index (χ3n) is 5.37. The number of hydrogen-bond acceptors (Lipinski definition) is 3. The summed E-state index contributed by atoms with van der Waals surface area (Å²) >= 11 is 0. The van der Waals surface area contributed by atoms with Crippen LogP contribution >= 0.6 is 0 Å². The molecule has 2 amide bonds. The molecule has 1 saturated heterocycles. The number of rotatable bonds is 5. The Labute approximate surface area is 186 Å². The zero-order valence-electron chi connectivity index (χ0n) is 17.8. The van der Waals surface area contributed by atoms with Crippen LogP contribution in [-0.4, -0.2) is 42.9 Å². The number of halogens is 1. The Morgan fingerprint density at radius 2 is 1.66 bits per heavy atom. The first-order valence-electron chi connectivity index (χ1n) is 10.2. The van der Waals surface area contributed by atoms with Crippen LogP contribution < -0.4 is 15.6 Å². The number of carbonyl (C=O) groups excluding carboxylic acids is 2. The Hall–Kier alpha value is -4.00. The van der Waals surface area contributed by atoms with Gasteiger partial charge < -0.3 is 10.2 Å². The van der Waals surface area contributed by atoms with Crippen molar-refractivity contribution in [1.29, 1.82) is 0 Å². The maximum absolute atomic E-state index is 13.2. The molecule has 32 heavy (non-hydrogen) atoms. The van der Waals surface area contributed by atoms with E-state index in [0.29, 0.717) is 0 Å². The fraction of sp³-hybridized carbons (Fsp3) is 0.160. The lowest BCUT2D eigenvalue weighted by Crippen LogP contribution is -2.42. The van der Waals surface area contributed by atoms with Crippen LogP contribution in [0, 0.1) is 5.82 Å². The van der Waals surface area contributed by atoms with Crippen molar-refractivity contribution in [2.75, 3.05) is 19.0 Å². The third kappa shape index (κ3) is 4.51. The highest BCUT2D eigenvalue weighted by atomic mass is 19.1. The first-order valence-corrected chi connectivity index (χ1v) is 10.2. The number of anilines is 1. The molecule has 3 aromatic carbocycles. The molecule has 6 nitrogen and oxygen atoms in total. The largest absolute Gasteiger partial charge is 0.378 e. The van der Waals surface area contributed by atoms with Crippen LogP contribution in [0.1, 0.15) is 27.5 Å². The van der Waals surface area contributed by atoms with Crippen molar-refractivity contribution in [2.24, 2.45) is 0 Å². The molecular weight excluding hydrogens is 407 g/mol. The SMILES string of the molecule is CN(C)c1ccc(/C=[N+]2\NC(=O)[C@H](NC(=O)c3ccc(F)cc3)[C@H]2c2ccccc2)cc1. The molecule has 1 fully saturated rings. The second-order valence-electron chi connectivity index (χ2n) is 7.81. The van der Waals surface area contributed by atoms with Gasteiger partial charge in [-0.15, -0.1) is 10.1 Å². The van der Waals surface area contributed by atoms with Gasteiger partial charge in [0.2, 0.25) is 12.3 Å². The summed E-state index contributed by atoms with van der Waals surface area (Å²) in [6, 6.07) is 21.4. The standard InChI is InChI=1S/C25H23FN4O2/c1-29(2)21-14-8-17(9-15-21)16-30-23(18-6-4-3-5-7-18)22(25(32)28-30)27-24(31)19-10-12-20(26)13-11-19/h3-16,22-23H,1-2H3,(H-,27,28,31,32)/p+1/t22-,23-/m1/s1. The lowest BCUT2D eigenvalue weighted by Gasteiger charge is -2.15. The Morgan fingerprint density at radius 3 is 2.28 bits per heavy atom. The molecule has 1 aliphatic rings. The van der Waals surface area contributed by atoms with Gasteiger partial charge in [-0.1, -0.05) is 30.3 Å². The van der Waals surface area contributed by atoms with Crippen molar-refractivity contribution in [3.8, 4) is 0 Å². The number of hydrogen-bond donors (Lipinski definition) is 2. The summed E-state index contributed by atoms with van der Waals surface area (Å²) in [7, 11) is 3.94. The molecule has 0 aliphatic carbocycles. The van der Waals surface area contributed by atoms with E-state index in [1.54, 1.807) is 4.68 Å². The average Bonchev–Trinajstić information content (AvgIpc) is 3.09. The fourth-order valence-corrected chi connectivity index (χ4v) is 3.68. The van der Waals surface area contributed by atoms with Crippen LogP contribution in [0.15, 0.2) is 78.9 Å². The van der Waals surface area contributed by atoms with Crippen molar-refractivity contribution in [2.45, 2.75) is 12.1 Å². The molecule has 4 rings (SSSR count). The Bertz CT molecular complexity index is 1140. The van der Waals surface area contributed by atoms with E-state index in [9.17, 15) is 14.0 Å². The number of amides is 2. The van der Waals surface area contributed by atoms with Gasteiger partial charge >= 0.3 is 5.91 Å². The molecule has 0 radical (unpaired) electrons. The summed E-state index contributed by atoms with van der Waals surface area (Å²) in [6.45, 7) is 0. The minimum absolute atomic E-state index is 0.285. The van der Waals surface area contributed by atoms with Gasteiger partial charge in [-0.05, 0) is 48.5 Å². The highest BCUT2D eigenvalue weighted by molar-refractivity contribution is 5.98. The summed E-state index contributed by atoms with van der Waals surface area (Å²) in [4.78, 5) is 27.6. The highest BCUT2D eigenvalue weighted by Gasteiger charge is 2.47. The van der Waals surface area contributed by atoms with Crippen molar-refractivity contribution >= 4 is 23.7 Å². The van der Waals surface area contributed by atoms with Gasteiger partial charge in [0.05, 0.1) is 0 Å². The van der Waals surface area contributed by atoms with Crippen LogP contribution in [0.2, 0.25) is 0 Å². The maximum Gasteiger partial charge on any atom is 0.304 e. The summed E-state index contributed by atoms with van der Waals surface area (Å²) in [6.07, 6.45) is 1.85. The lowest BCUT2D eigenvalue weighted by atomic mass is 10.00. The van der Waals surface area contributed by atoms with Crippen molar-refractivity contribution in [3.63, 3.8) is 0 Å². The van der Waals surface area contributed by atoms with Crippen LogP contribution in [0.25, 0.3) is 0 Å². The molecule has 1 heterocycles. The molecule has 7 heteroatoms. The van der Waals surface area contributed by atoms with Gasteiger partial charge in [-0.3, -0.25) is 9.59 Å². The highest BCUT2D eigenvalue weighted by Crippen LogP contribution is 2.25. The second kappa shape index (κ2) is 9.01. The molecule has 0 spiro atoms. The van der Waals surface area contributed by atoms with E-state index in [1.807, 2.05) is 79.8 Å². The van der Waals surface area contributed by atoms with Crippen LogP contribution in [0.5, 0.6) is 0 Å². The number of benzene rings is 3. The Morgan fingerprint density at radius 1 is 1.00 bits per heavy atom. The summed E-state index contributed by atoms with van der Waals surface area (Å²) < 4.78 is 14.9. The van der Waals surface area contributed by atoms with Crippen molar-refractivity contribution < 1.29 is 18.7 Å². The van der Waals surface area contributed by atoms with Crippen molar-refractivity contribution in [1.82, 2.24) is 10.7 Å². The molecule has 0 bridgehead atoms. The van der Waals surface area contributed by atoms with Crippen LogP contribution in [-0.2, 0) is 4.79 Å². The second-order valence-corrected chi connectivity index (χ2v) is 7.81. The van der Waals surface area contributed by atoms with Gasteiger partial charge in [-0.2, -0.15) is 0 Å². The molecular formula is C25H24FN4O2+. The van der Waals surface area contributed by atoms with E-state index in [1.165, 1.54) is 24.3 Å². The van der Waals surface area contributed by atoms with Gasteiger partial charge in [0.25, 0.3) is 5.91 Å². The van der Waals surface area contributed by atoms with Gasteiger partial charge in [-0.25, -0.2) is 4.39 Å². The van der Waals surface area contributed by atoms with E-state index < -0.39 is 23.8 Å². The van der Waals surface area contributed by atoms with E-state index in [4.69, 9.17) is 0 Å². The van der Waals surface area contributed by atoms with E-state index in [-0.39, 0.29) is 11.5 Å². The minimum atomic E-state index is -0.827. The first-order chi connectivity index (χ1) is 15.4. The quantitative estimate of drug-likeness (QED) is 0.611. The predicted octanol–water partition coefficient (Wildman–Crippen LogP) is 2.91. The number of hydrazine groups is 1. The molecule has 3 aromatic rings. The number of nitrogens with one attached hydrogen (secondary N) is 2. The summed E-state index contributed by atoms with van der Waals surface area (Å²) in [5.74, 6) is -1.19. The minimum Gasteiger partial charge on any atom is -0.378 e. The maximum atomic E-state index is 13.2. The normalized spacial score (nSPS) is 19.0. The van der Waals surface area contributed by atoms with Gasteiger partial charge in [0, 0.05) is 36.5 Å². The predicted molar refractivity (Wildman–Crippen MR) is 121 cm³/mol. The van der Waals surface area contributed by atoms with Crippen molar-refractivity contribution in [3.05, 3.63) is 101 Å². The lowest BCUT2D eigenvalue weighted by molar-refractivity contribution is -0.596. The summed E-state index contributed by atoms with van der Waals surface area (Å²) in [5.41, 5.74) is 5.99. The smallest absolute Gasteiger partial charge is 0.304 e. The number of nitrogens with zero attached hydrogens (tertiary/aromatic N) is 2. The van der Waals surface area contributed by atoms with Crippen LogP contribution in [0.3, 0.4) is 0 Å². The summed E-state index contributed by atoms with van der Waals surface area (Å²) in [5, 5.41) is 2.81. The van der Waals surface area contributed by atoms with E-state index in [0.717, 1.165) is 16.8 Å². The Kier molecular flexibility index (Phi) is 5.98. The molecule has 1 aliphatic heterocycles. The fourth-order valence-electron chi connectivity index (χ4n) is 3.68. The number of hydrazone groups is 1. The van der Waals surface area contributed by atoms with E-state index >= 15 is 0 Å². The molecule has 0 unspecified atom stereocenters. The van der Waals surface area contributed by atoms with Crippen LogP contribution in [0.4, 0.5) is 10.1 Å². The zero-order chi connectivity index (χ0) is 22.7. The molecule has 2 N–H and O–H groups in total. The van der Waals surface area contributed by atoms with E-state index in [2.05, 4.69) is 10.7 Å². The zero-order valence-corrected chi connectivity index (χ0v) is 17.8.